The van der Waals surface area contributed by atoms with Crippen LogP contribution in [-0.2, 0) is 6.18 Å². The molecule has 7 heteroatoms. The van der Waals surface area contributed by atoms with Crippen LogP contribution in [0.5, 0.6) is 0 Å². The molecule has 0 saturated heterocycles. The van der Waals surface area contributed by atoms with Gasteiger partial charge in [-0.05, 0) is 55.3 Å². The summed E-state index contributed by atoms with van der Waals surface area (Å²) in [5, 5.41) is 4.64. The Morgan fingerprint density at radius 1 is 1.00 bits per heavy atom. The van der Waals surface area contributed by atoms with Gasteiger partial charge in [0.15, 0.2) is 0 Å². The third kappa shape index (κ3) is 4.39. The van der Waals surface area contributed by atoms with E-state index in [1.807, 2.05) is 19.9 Å². The first-order valence-electron chi connectivity index (χ1n) is 6.69. The first-order valence-corrected chi connectivity index (χ1v) is 7.06. The van der Waals surface area contributed by atoms with Gasteiger partial charge in [-0.1, -0.05) is 17.7 Å². The minimum absolute atomic E-state index is 0.0579. The van der Waals surface area contributed by atoms with Crippen LogP contribution in [0.25, 0.3) is 0 Å². The molecule has 0 bridgehead atoms. The Labute approximate surface area is 136 Å². The molecule has 0 radical (unpaired) electrons. The number of alkyl halides is 3. The minimum Gasteiger partial charge on any atom is -0.308 e. The Hall–Kier alpha value is -2.21. The highest BCUT2D eigenvalue weighted by Gasteiger charge is 2.34. The molecule has 23 heavy (non-hydrogen) atoms. The Morgan fingerprint density at radius 3 is 2.30 bits per heavy atom. The van der Waals surface area contributed by atoms with E-state index in [-0.39, 0.29) is 10.7 Å². The van der Waals surface area contributed by atoms with Crippen molar-refractivity contribution in [1.82, 2.24) is 0 Å². The SMILES string of the molecule is Cc1ccc(NC(=O)Nc2ccc(Cl)cc2C(F)(F)F)cc1C. The van der Waals surface area contributed by atoms with Crippen LogP contribution >= 0.6 is 11.6 Å². The lowest BCUT2D eigenvalue weighted by molar-refractivity contribution is -0.136. The number of amides is 2. The quantitative estimate of drug-likeness (QED) is 0.730. The number of aryl methyl sites for hydroxylation is 2. The molecule has 0 saturated carbocycles. The maximum atomic E-state index is 13.0. The van der Waals surface area contributed by atoms with Crippen LogP contribution < -0.4 is 10.6 Å². The Balaban J connectivity index is 2.19. The zero-order valence-electron chi connectivity index (χ0n) is 12.4. The summed E-state index contributed by atoms with van der Waals surface area (Å²) in [5.74, 6) is 0. The van der Waals surface area contributed by atoms with Crippen molar-refractivity contribution in [2.24, 2.45) is 0 Å². The minimum atomic E-state index is -4.62. The first kappa shape index (κ1) is 17.1. The molecule has 0 aliphatic heterocycles. The van der Waals surface area contributed by atoms with Crippen LogP contribution in [0.2, 0.25) is 5.02 Å². The molecule has 2 aromatic rings. The van der Waals surface area contributed by atoms with Gasteiger partial charge in [-0.2, -0.15) is 13.2 Å². The van der Waals surface area contributed by atoms with E-state index in [1.54, 1.807) is 12.1 Å². The van der Waals surface area contributed by atoms with Crippen molar-refractivity contribution in [2.75, 3.05) is 10.6 Å². The molecule has 0 aliphatic carbocycles. The van der Waals surface area contributed by atoms with Crippen LogP contribution in [0.4, 0.5) is 29.3 Å². The van der Waals surface area contributed by atoms with Crippen LogP contribution in [0.1, 0.15) is 16.7 Å². The number of hydrogen-bond acceptors (Lipinski definition) is 1. The monoisotopic (exact) mass is 342 g/mol. The molecular weight excluding hydrogens is 329 g/mol. The number of carbonyl (C=O) groups is 1. The summed E-state index contributed by atoms with van der Waals surface area (Å²) in [6.07, 6.45) is -4.62. The molecule has 2 aromatic carbocycles. The van der Waals surface area contributed by atoms with Crippen LogP contribution in [-0.4, -0.2) is 6.03 Å². The average Bonchev–Trinajstić information content (AvgIpc) is 2.44. The maximum Gasteiger partial charge on any atom is 0.418 e. The van der Waals surface area contributed by atoms with Gasteiger partial charge in [0, 0.05) is 10.7 Å². The highest BCUT2D eigenvalue weighted by Crippen LogP contribution is 2.36. The molecule has 0 spiro atoms. The molecule has 0 atom stereocenters. The average molecular weight is 343 g/mol. The molecule has 2 N–H and O–H groups in total. The van der Waals surface area contributed by atoms with Crippen molar-refractivity contribution in [3.05, 3.63) is 58.1 Å². The molecule has 0 fully saturated rings. The Morgan fingerprint density at radius 2 is 1.70 bits per heavy atom. The number of carbonyl (C=O) groups excluding carboxylic acids is 1. The third-order valence-corrected chi connectivity index (χ3v) is 3.54. The fourth-order valence-corrected chi connectivity index (χ4v) is 2.14. The second kappa shape index (κ2) is 6.50. The molecule has 122 valence electrons. The lowest BCUT2D eigenvalue weighted by Crippen LogP contribution is -2.22. The normalized spacial score (nSPS) is 11.2. The highest BCUT2D eigenvalue weighted by atomic mass is 35.5. The van der Waals surface area contributed by atoms with Crippen molar-refractivity contribution in [3.63, 3.8) is 0 Å². The number of nitrogens with one attached hydrogen (secondary N) is 2. The summed E-state index contributed by atoms with van der Waals surface area (Å²) in [6.45, 7) is 3.79. The van der Waals surface area contributed by atoms with Gasteiger partial charge in [0.25, 0.3) is 0 Å². The molecular formula is C16H14ClF3N2O. The van der Waals surface area contributed by atoms with Gasteiger partial charge < -0.3 is 10.6 Å². The number of halogens is 4. The number of rotatable bonds is 2. The van der Waals surface area contributed by atoms with E-state index in [0.717, 1.165) is 23.3 Å². The van der Waals surface area contributed by atoms with Crippen LogP contribution in [0, 0.1) is 13.8 Å². The fraction of sp³-hybridized carbons (Fsp3) is 0.188. The highest BCUT2D eigenvalue weighted by molar-refractivity contribution is 6.30. The van der Waals surface area contributed by atoms with Crippen LogP contribution in [0.15, 0.2) is 36.4 Å². The van der Waals surface area contributed by atoms with Gasteiger partial charge in [-0.15, -0.1) is 0 Å². The molecule has 2 amide bonds. The van der Waals surface area contributed by atoms with Gasteiger partial charge in [-0.3, -0.25) is 0 Å². The van der Waals surface area contributed by atoms with Crippen molar-refractivity contribution in [1.29, 1.82) is 0 Å². The fourth-order valence-electron chi connectivity index (χ4n) is 1.96. The van der Waals surface area contributed by atoms with Gasteiger partial charge in [0.1, 0.15) is 0 Å². The van der Waals surface area contributed by atoms with E-state index in [9.17, 15) is 18.0 Å². The summed E-state index contributed by atoms with van der Waals surface area (Å²) in [6, 6.07) is 7.63. The molecule has 2 rings (SSSR count). The van der Waals surface area contributed by atoms with Crippen molar-refractivity contribution >= 4 is 29.0 Å². The second-order valence-electron chi connectivity index (χ2n) is 5.07. The van der Waals surface area contributed by atoms with Crippen molar-refractivity contribution in [2.45, 2.75) is 20.0 Å². The Kier molecular flexibility index (Phi) is 4.85. The number of benzene rings is 2. The zero-order valence-corrected chi connectivity index (χ0v) is 13.1. The zero-order chi connectivity index (χ0) is 17.2. The lowest BCUT2D eigenvalue weighted by atomic mass is 10.1. The van der Waals surface area contributed by atoms with Crippen LogP contribution in [0.3, 0.4) is 0 Å². The van der Waals surface area contributed by atoms with E-state index >= 15 is 0 Å². The summed E-state index contributed by atoms with van der Waals surface area (Å²) >= 11 is 5.59. The van der Waals surface area contributed by atoms with Gasteiger partial charge in [0.05, 0.1) is 11.3 Å². The summed E-state index contributed by atoms with van der Waals surface area (Å²) < 4.78 is 38.9. The molecule has 0 aromatic heterocycles. The topological polar surface area (TPSA) is 41.1 Å². The molecule has 0 heterocycles. The van der Waals surface area contributed by atoms with Gasteiger partial charge >= 0.3 is 12.2 Å². The van der Waals surface area contributed by atoms with Gasteiger partial charge in [0.2, 0.25) is 0 Å². The summed E-state index contributed by atoms with van der Waals surface area (Å²) in [7, 11) is 0. The Bertz CT molecular complexity index is 745. The largest absolute Gasteiger partial charge is 0.418 e. The van der Waals surface area contributed by atoms with Gasteiger partial charge in [-0.25, -0.2) is 4.79 Å². The summed E-state index contributed by atoms with van der Waals surface area (Å²) in [4.78, 5) is 11.9. The maximum absolute atomic E-state index is 13.0. The number of hydrogen-bond donors (Lipinski definition) is 2. The smallest absolute Gasteiger partial charge is 0.308 e. The predicted molar refractivity (Wildman–Crippen MR) is 85.0 cm³/mol. The van der Waals surface area contributed by atoms with E-state index in [0.29, 0.717) is 5.69 Å². The van der Waals surface area contributed by atoms with E-state index in [4.69, 9.17) is 11.6 Å². The molecule has 0 unspecified atom stereocenters. The van der Waals surface area contributed by atoms with E-state index in [2.05, 4.69) is 10.6 Å². The second-order valence-corrected chi connectivity index (χ2v) is 5.50. The number of anilines is 2. The first-order chi connectivity index (χ1) is 10.7. The van der Waals surface area contributed by atoms with Crippen molar-refractivity contribution < 1.29 is 18.0 Å². The molecule has 0 aliphatic rings. The summed E-state index contributed by atoms with van der Waals surface area (Å²) in [5.41, 5.74) is 1.15. The predicted octanol–water partition coefficient (Wildman–Crippen LogP) is 5.62. The standard InChI is InChI=1S/C16H14ClF3N2O/c1-9-3-5-12(7-10(9)2)21-15(23)22-14-6-4-11(17)8-13(14)16(18,19)20/h3-8H,1-2H3,(H2,21,22,23). The lowest BCUT2D eigenvalue weighted by Gasteiger charge is -2.15. The number of urea groups is 1. The van der Waals surface area contributed by atoms with Crippen molar-refractivity contribution in [3.8, 4) is 0 Å². The molecule has 3 nitrogen and oxygen atoms in total. The van der Waals surface area contributed by atoms with E-state index < -0.39 is 17.8 Å². The third-order valence-electron chi connectivity index (χ3n) is 3.30. The van der Waals surface area contributed by atoms with E-state index in [1.165, 1.54) is 6.07 Å².